The molecular weight excluding hydrogens is 260 g/mol. The van der Waals surface area contributed by atoms with Crippen LogP contribution >= 0.6 is 0 Å². The smallest absolute Gasteiger partial charge is 0.0910 e. The van der Waals surface area contributed by atoms with Gasteiger partial charge in [0.25, 0.3) is 0 Å². The monoisotopic (exact) mass is 280 g/mol. The van der Waals surface area contributed by atoms with Gasteiger partial charge in [-0.15, -0.1) is 0 Å². The van der Waals surface area contributed by atoms with E-state index in [2.05, 4.69) is 46.2 Å². The molecule has 0 saturated heterocycles. The van der Waals surface area contributed by atoms with Crippen LogP contribution in [0.15, 0.2) is 36.4 Å². The van der Waals surface area contributed by atoms with E-state index in [-0.39, 0.29) is 0 Å². The van der Waals surface area contributed by atoms with Gasteiger partial charge in [-0.25, -0.2) is 0 Å². The van der Waals surface area contributed by atoms with E-state index >= 15 is 0 Å². The average molecular weight is 280 g/mol. The van der Waals surface area contributed by atoms with E-state index in [1.807, 2.05) is 0 Å². The van der Waals surface area contributed by atoms with E-state index in [0.717, 1.165) is 19.8 Å². The molecule has 4 N–H and O–H groups in total. The summed E-state index contributed by atoms with van der Waals surface area (Å²) in [6.45, 7) is 4.07. The third-order valence-corrected chi connectivity index (χ3v) is 4.50. The van der Waals surface area contributed by atoms with Crippen LogP contribution in [-0.2, 0) is 26.2 Å². The van der Waals surface area contributed by atoms with Gasteiger partial charge in [0.15, 0.2) is 0 Å². The van der Waals surface area contributed by atoms with Crippen LogP contribution < -0.4 is 21.3 Å². The van der Waals surface area contributed by atoms with Gasteiger partial charge in [0.2, 0.25) is 0 Å². The number of benzene rings is 2. The number of hydrogen-bond donors (Lipinski definition) is 2. The molecule has 0 aromatic heterocycles. The summed E-state index contributed by atoms with van der Waals surface area (Å²) in [5, 5.41) is 0. The van der Waals surface area contributed by atoms with Gasteiger partial charge in [0.1, 0.15) is 0 Å². The Morgan fingerprint density at radius 2 is 1.24 bits per heavy atom. The Hall–Kier alpha value is -2.04. The maximum atomic E-state index is 5.77. The molecule has 2 aromatic carbocycles. The van der Waals surface area contributed by atoms with Crippen molar-refractivity contribution in [3.05, 3.63) is 58.7 Å². The Kier molecular flexibility index (Phi) is 2.87. The lowest BCUT2D eigenvalue weighted by Crippen LogP contribution is -2.46. The third-order valence-electron chi connectivity index (χ3n) is 4.50. The van der Waals surface area contributed by atoms with Crippen LogP contribution in [-0.4, -0.2) is 6.67 Å². The molecule has 2 aromatic rings. The lowest BCUT2D eigenvalue weighted by atomic mass is 9.98. The summed E-state index contributed by atoms with van der Waals surface area (Å²) >= 11 is 0. The highest BCUT2D eigenvalue weighted by atomic mass is 15.4. The van der Waals surface area contributed by atoms with Crippen molar-refractivity contribution < 1.29 is 0 Å². The molecule has 2 bridgehead atoms. The van der Waals surface area contributed by atoms with Crippen molar-refractivity contribution >= 4 is 11.4 Å². The topological polar surface area (TPSA) is 58.5 Å². The van der Waals surface area contributed by atoms with Gasteiger partial charge in [0, 0.05) is 37.6 Å². The molecule has 0 fully saturated rings. The number of nitrogens with two attached hydrogens (primary N) is 2. The molecule has 2 aliphatic heterocycles. The molecule has 21 heavy (non-hydrogen) atoms. The predicted octanol–water partition coefficient (Wildman–Crippen LogP) is 1.90. The van der Waals surface area contributed by atoms with Gasteiger partial charge in [-0.05, 0) is 34.4 Å². The number of hydrogen-bond acceptors (Lipinski definition) is 4. The fourth-order valence-corrected chi connectivity index (χ4v) is 3.44. The van der Waals surface area contributed by atoms with Crippen molar-refractivity contribution in [1.82, 2.24) is 0 Å². The van der Waals surface area contributed by atoms with Crippen LogP contribution in [0, 0.1) is 0 Å². The highest BCUT2D eigenvalue weighted by molar-refractivity contribution is 5.68. The second-order valence-corrected chi connectivity index (χ2v) is 5.87. The van der Waals surface area contributed by atoms with Gasteiger partial charge in [-0.1, -0.05) is 24.3 Å². The van der Waals surface area contributed by atoms with Crippen molar-refractivity contribution in [3.8, 4) is 0 Å². The zero-order valence-corrected chi connectivity index (χ0v) is 12.0. The first-order valence-electron chi connectivity index (χ1n) is 7.42. The summed E-state index contributed by atoms with van der Waals surface area (Å²) in [5.74, 6) is 0. The summed E-state index contributed by atoms with van der Waals surface area (Å²) in [7, 11) is 0. The van der Waals surface area contributed by atoms with Gasteiger partial charge in [-0.3, -0.25) is 0 Å². The van der Waals surface area contributed by atoms with E-state index in [4.69, 9.17) is 11.5 Å². The Morgan fingerprint density at radius 1 is 0.762 bits per heavy atom. The summed E-state index contributed by atoms with van der Waals surface area (Å²) < 4.78 is 0. The molecule has 0 saturated carbocycles. The SMILES string of the molecule is NCc1ccc2c(c1)CN1CN2Cc2cc(CN)ccc21. The summed E-state index contributed by atoms with van der Waals surface area (Å²) in [6, 6.07) is 13.2. The van der Waals surface area contributed by atoms with Crippen molar-refractivity contribution in [2.45, 2.75) is 26.2 Å². The average Bonchev–Trinajstić information content (AvgIpc) is 2.53. The molecule has 4 heteroatoms. The van der Waals surface area contributed by atoms with Gasteiger partial charge < -0.3 is 21.3 Å². The van der Waals surface area contributed by atoms with Crippen LogP contribution in [0.1, 0.15) is 22.3 Å². The van der Waals surface area contributed by atoms with Crippen molar-refractivity contribution in [1.29, 1.82) is 0 Å². The molecule has 108 valence electrons. The normalized spacial score (nSPS) is 15.7. The molecule has 2 heterocycles. The first kappa shape index (κ1) is 12.7. The third kappa shape index (κ3) is 1.99. The van der Waals surface area contributed by atoms with E-state index in [1.165, 1.54) is 33.6 Å². The highest BCUT2D eigenvalue weighted by Crippen LogP contribution is 2.38. The summed E-state index contributed by atoms with van der Waals surface area (Å²) in [4.78, 5) is 4.86. The van der Waals surface area contributed by atoms with E-state index in [9.17, 15) is 0 Å². The zero-order chi connectivity index (χ0) is 14.4. The first-order valence-corrected chi connectivity index (χ1v) is 7.42. The quantitative estimate of drug-likeness (QED) is 0.882. The minimum absolute atomic E-state index is 0.601. The second-order valence-electron chi connectivity index (χ2n) is 5.87. The second kappa shape index (κ2) is 4.76. The molecule has 4 rings (SSSR count). The zero-order valence-electron chi connectivity index (χ0n) is 12.0. The fourth-order valence-electron chi connectivity index (χ4n) is 3.44. The molecule has 0 radical (unpaired) electrons. The molecule has 2 aliphatic rings. The summed E-state index contributed by atoms with van der Waals surface area (Å²) in [5.41, 5.74) is 19.4. The molecular formula is C17H20N4. The van der Waals surface area contributed by atoms with E-state index in [1.54, 1.807) is 0 Å². The molecule has 0 spiro atoms. The first-order chi connectivity index (χ1) is 10.3. The number of nitrogens with zero attached hydrogens (tertiary/aromatic N) is 2. The largest absolute Gasteiger partial charge is 0.349 e. The van der Waals surface area contributed by atoms with Gasteiger partial charge in [0.05, 0.1) is 6.67 Å². The van der Waals surface area contributed by atoms with E-state index in [0.29, 0.717) is 13.1 Å². The lowest BCUT2D eigenvalue weighted by Gasteiger charge is -2.45. The Bertz CT molecular complexity index is 636. The van der Waals surface area contributed by atoms with Crippen LogP contribution in [0.4, 0.5) is 11.4 Å². The molecule has 0 amide bonds. The lowest BCUT2D eigenvalue weighted by molar-refractivity contribution is 0.649. The minimum atomic E-state index is 0.601. The summed E-state index contributed by atoms with van der Waals surface area (Å²) in [6.07, 6.45) is 0. The Balaban J connectivity index is 1.76. The maximum absolute atomic E-state index is 5.77. The van der Waals surface area contributed by atoms with E-state index < -0.39 is 0 Å². The van der Waals surface area contributed by atoms with Gasteiger partial charge >= 0.3 is 0 Å². The van der Waals surface area contributed by atoms with Crippen molar-refractivity contribution in [2.24, 2.45) is 11.5 Å². The Morgan fingerprint density at radius 3 is 1.67 bits per heavy atom. The van der Waals surface area contributed by atoms with Crippen LogP contribution in [0.3, 0.4) is 0 Å². The van der Waals surface area contributed by atoms with Crippen LogP contribution in [0.5, 0.6) is 0 Å². The fraction of sp³-hybridized carbons (Fsp3) is 0.294. The highest BCUT2D eigenvalue weighted by Gasteiger charge is 2.29. The number of anilines is 2. The standard InChI is InChI=1S/C17H20N4/c18-7-12-1-3-16-14(5-12)9-21-11-20(16)10-15-6-13(8-19)2-4-17(15)21/h1-6H,7-11,18-19H2. The number of fused-ring (bicyclic) bond motifs is 6. The molecule has 0 unspecified atom stereocenters. The van der Waals surface area contributed by atoms with Crippen LogP contribution in [0.25, 0.3) is 0 Å². The molecule has 4 nitrogen and oxygen atoms in total. The van der Waals surface area contributed by atoms with Crippen LogP contribution in [0.2, 0.25) is 0 Å². The number of rotatable bonds is 2. The van der Waals surface area contributed by atoms with Gasteiger partial charge in [-0.2, -0.15) is 0 Å². The minimum Gasteiger partial charge on any atom is -0.349 e. The molecule has 0 aliphatic carbocycles. The maximum Gasteiger partial charge on any atom is 0.0910 e. The van der Waals surface area contributed by atoms with Crippen molar-refractivity contribution in [2.75, 3.05) is 16.5 Å². The predicted molar refractivity (Wildman–Crippen MR) is 85.9 cm³/mol. The Labute approximate surface area is 125 Å². The molecule has 0 atom stereocenters. The van der Waals surface area contributed by atoms with Crippen molar-refractivity contribution in [3.63, 3.8) is 0 Å².